The number of hydrogen-bond acceptors (Lipinski definition) is 9. The fourth-order valence-corrected chi connectivity index (χ4v) is 3.80. The third-order valence-corrected chi connectivity index (χ3v) is 5.91. The molecule has 1 saturated heterocycles. The first-order valence-electron chi connectivity index (χ1n) is 10.3. The van der Waals surface area contributed by atoms with Gasteiger partial charge in [-0.05, 0) is 39.3 Å². The minimum absolute atomic E-state index is 0.0191. The highest BCUT2D eigenvalue weighted by Crippen LogP contribution is 2.31. The lowest BCUT2D eigenvalue weighted by Gasteiger charge is -2.31. The van der Waals surface area contributed by atoms with Crippen molar-refractivity contribution in [1.82, 2.24) is 19.9 Å². The van der Waals surface area contributed by atoms with Crippen LogP contribution in [0.15, 0.2) is 23.6 Å². The largest absolute Gasteiger partial charge is 0.474 e. The zero-order valence-electron chi connectivity index (χ0n) is 18.9. The van der Waals surface area contributed by atoms with Gasteiger partial charge in [-0.25, -0.2) is 28.2 Å². The quantitative estimate of drug-likeness (QED) is 0.635. The number of aromatic nitrogens is 3. The first-order valence-corrected chi connectivity index (χ1v) is 12.2. The van der Waals surface area contributed by atoms with Crippen LogP contribution < -0.4 is 9.47 Å². The number of rotatable bonds is 6. The lowest BCUT2D eigenvalue weighted by Crippen LogP contribution is -2.42. The minimum atomic E-state index is -3.41. The lowest BCUT2D eigenvalue weighted by molar-refractivity contribution is 0.0505. The molecular formula is C21H28N4O6S. The average Bonchev–Trinajstić information content (AvgIpc) is 2.71. The number of nitrogens with zero attached hydrogens (tertiary/aromatic N) is 4. The van der Waals surface area contributed by atoms with Crippen LogP contribution in [0.3, 0.4) is 0 Å². The number of ether oxygens (including phenoxy) is 3. The summed E-state index contributed by atoms with van der Waals surface area (Å²) in [5.74, 6) is 1.09. The summed E-state index contributed by atoms with van der Waals surface area (Å²) >= 11 is 0. The molecule has 0 aliphatic carbocycles. The second kappa shape index (κ2) is 9.68. The summed E-state index contributed by atoms with van der Waals surface area (Å²) < 4.78 is 40.5. The summed E-state index contributed by atoms with van der Waals surface area (Å²) in [5, 5.41) is -0.0191. The Bertz CT molecular complexity index is 1080. The number of pyridine rings is 1. The predicted octanol–water partition coefficient (Wildman–Crippen LogP) is 3.07. The van der Waals surface area contributed by atoms with E-state index in [1.165, 1.54) is 18.6 Å². The SMILES string of the molecule is Cc1cc(S(C)(=O)=O)ncc1Oc1ncnc(OC2CCN(C(=O)OC(C)C)CC2)c1C. The molecule has 1 aliphatic heterocycles. The molecule has 1 fully saturated rings. The van der Waals surface area contributed by atoms with Gasteiger partial charge in [0, 0.05) is 32.2 Å². The first-order chi connectivity index (χ1) is 15.0. The van der Waals surface area contributed by atoms with Gasteiger partial charge in [0.2, 0.25) is 11.8 Å². The molecule has 10 nitrogen and oxygen atoms in total. The summed E-state index contributed by atoms with van der Waals surface area (Å²) in [4.78, 5) is 26.1. The van der Waals surface area contributed by atoms with E-state index in [0.717, 1.165) is 6.26 Å². The van der Waals surface area contributed by atoms with Gasteiger partial charge in [-0.2, -0.15) is 0 Å². The monoisotopic (exact) mass is 464 g/mol. The zero-order chi connectivity index (χ0) is 23.5. The van der Waals surface area contributed by atoms with Gasteiger partial charge in [0.25, 0.3) is 0 Å². The van der Waals surface area contributed by atoms with Crippen molar-refractivity contribution in [2.45, 2.75) is 57.8 Å². The molecule has 11 heteroatoms. The van der Waals surface area contributed by atoms with Gasteiger partial charge in [0.1, 0.15) is 12.4 Å². The number of carbonyl (C=O) groups excluding carboxylic acids is 1. The van der Waals surface area contributed by atoms with Crippen molar-refractivity contribution in [3.63, 3.8) is 0 Å². The second-order valence-corrected chi connectivity index (χ2v) is 9.97. The molecule has 0 spiro atoms. The van der Waals surface area contributed by atoms with Crippen LogP contribution >= 0.6 is 0 Å². The van der Waals surface area contributed by atoms with E-state index in [2.05, 4.69) is 15.0 Å². The van der Waals surface area contributed by atoms with Crippen molar-refractivity contribution in [2.24, 2.45) is 0 Å². The number of hydrogen-bond donors (Lipinski definition) is 0. The van der Waals surface area contributed by atoms with E-state index in [1.807, 2.05) is 13.8 Å². The van der Waals surface area contributed by atoms with E-state index >= 15 is 0 Å². The van der Waals surface area contributed by atoms with Crippen molar-refractivity contribution in [2.75, 3.05) is 19.3 Å². The van der Waals surface area contributed by atoms with Gasteiger partial charge in [-0.15, -0.1) is 0 Å². The van der Waals surface area contributed by atoms with E-state index in [4.69, 9.17) is 14.2 Å². The Morgan fingerprint density at radius 3 is 2.38 bits per heavy atom. The van der Waals surface area contributed by atoms with Crippen molar-refractivity contribution >= 4 is 15.9 Å². The smallest absolute Gasteiger partial charge is 0.410 e. The summed E-state index contributed by atoms with van der Waals surface area (Å²) in [6, 6.07) is 1.46. The van der Waals surface area contributed by atoms with Gasteiger partial charge in [-0.3, -0.25) is 0 Å². The van der Waals surface area contributed by atoms with Crippen LogP contribution in [0.5, 0.6) is 17.5 Å². The topological polar surface area (TPSA) is 121 Å². The second-order valence-electron chi connectivity index (χ2n) is 8.01. The van der Waals surface area contributed by atoms with Crippen LogP contribution in [0.2, 0.25) is 0 Å². The molecule has 2 aromatic rings. The molecule has 1 aliphatic rings. The fraction of sp³-hybridized carbons (Fsp3) is 0.524. The van der Waals surface area contributed by atoms with E-state index in [-0.39, 0.29) is 23.3 Å². The number of amides is 1. The third kappa shape index (κ3) is 5.84. The van der Waals surface area contributed by atoms with E-state index < -0.39 is 9.84 Å². The summed E-state index contributed by atoms with van der Waals surface area (Å²) in [6.45, 7) is 8.25. The van der Waals surface area contributed by atoms with E-state index in [1.54, 1.807) is 18.7 Å². The average molecular weight is 465 g/mol. The van der Waals surface area contributed by atoms with Crippen LogP contribution in [-0.4, -0.2) is 65.9 Å². The molecule has 0 unspecified atom stereocenters. The maximum absolute atomic E-state index is 12.0. The summed E-state index contributed by atoms with van der Waals surface area (Å²) in [6.07, 6.45) is 4.56. The fourth-order valence-electron chi connectivity index (χ4n) is 3.16. The number of sulfone groups is 1. The highest BCUT2D eigenvalue weighted by atomic mass is 32.2. The Morgan fingerprint density at radius 1 is 1.12 bits per heavy atom. The molecule has 174 valence electrons. The molecule has 0 N–H and O–H groups in total. The molecule has 1 amide bonds. The summed E-state index contributed by atoms with van der Waals surface area (Å²) in [5.41, 5.74) is 1.22. The number of aryl methyl sites for hydroxylation is 1. The lowest BCUT2D eigenvalue weighted by atomic mass is 10.1. The van der Waals surface area contributed by atoms with Crippen molar-refractivity contribution < 1.29 is 27.4 Å². The Labute approximate surface area is 187 Å². The maximum atomic E-state index is 12.0. The van der Waals surface area contributed by atoms with Gasteiger partial charge in [0.15, 0.2) is 20.6 Å². The summed E-state index contributed by atoms with van der Waals surface area (Å²) in [7, 11) is -3.41. The van der Waals surface area contributed by atoms with Crippen molar-refractivity contribution in [3.8, 4) is 17.5 Å². The molecule has 0 aromatic carbocycles. The molecule has 0 radical (unpaired) electrons. The molecule has 3 heterocycles. The van der Waals surface area contributed by atoms with Crippen LogP contribution in [0, 0.1) is 13.8 Å². The Balaban J connectivity index is 1.66. The van der Waals surface area contributed by atoms with Crippen LogP contribution in [0.1, 0.15) is 37.8 Å². The van der Waals surface area contributed by atoms with Crippen molar-refractivity contribution in [3.05, 3.63) is 29.7 Å². The molecule has 0 atom stereocenters. The zero-order valence-corrected chi connectivity index (χ0v) is 19.7. The Morgan fingerprint density at radius 2 is 1.78 bits per heavy atom. The standard InChI is InChI=1S/C21H28N4O6S/c1-13(2)29-21(26)25-8-6-16(7-9-25)30-19-15(4)20(24-12-23-19)31-17-11-22-18(10-14(17)3)32(5,27)28/h10-13,16H,6-9H2,1-5H3. The Kier molecular flexibility index (Phi) is 7.17. The predicted molar refractivity (Wildman–Crippen MR) is 116 cm³/mol. The minimum Gasteiger partial charge on any atom is -0.474 e. The molecule has 0 saturated carbocycles. The van der Waals surface area contributed by atoms with Crippen LogP contribution in [-0.2, 0) is 14.6 Å². The van der Waals surface area contributed by atoms with Crippen LogP contribution in [0.4, 0.5) is 4.79 Å². The maximum Gasteiger partial charge on any atom is 0.410 e. The molecule has 2 aromatic heterocycles. The first kappa shape index (κ1) is 23.7. The van der Waals surface area contributed by atoms with E-state index in [9.17, 15) is 13.2 Å². The van der Waals surface area contributed by atoms with Gasteiger partial charge < -0.3 is 19.1 Å². The van der Waals surface area contributed by atoms with Gasteiger partial charge in [-0.1, -0.05) is 0 Å². The highest BCUT2D eigenvalue weighted by Gasteiger charge is 2.26. The van der Waals surface area contributed by atoms with Crippen molar-refractivity contribution in [1.29, 1.82) is 0 Å². The number of carbonyl (C=O) groups is 1. The normalized spacial score (nSPS) is 15.0. The molecule has 32 heavy (non-hydrogen) atoms. The third-order valence-electron chi connectivity index (χ3n) is 4.93. The van der Waals surface area contributed by atoms with Gasteiger partial charge >= 0.3 is 6.09 Å². The molecule has 0 bridgehead atoms. The molecule has 3 rings (SSSR count). The molecular weight excluding hydrogens is 436 g/mol. The number of likely N-dealkylation sites (tertiary alicyclic amines) is 1. The highest BCUT2D eigenvalue weighted by molar-refractivity contribution is 7.90. The number of piperidine rings is 1. The van der Waals surface area contributed by atoms with Crippen LogP contribution in [0.25, 0.3) is 0 Å². The van der Waals surface area contributed by atoms with Gasteiger partial charge in [0.05, 0.1) is 17.9 Å². The van der Waals surface area contributed by atoms with E-state index in [0.29, 0.717) is 54.6 Å². The Hall–Kier alpha value is -2.95.